The summed E-state index contributed by atoms with van der Waals surface area (Å²) in [7, 11) is 0. The van der Waals surface area contributed by atoms with E-state index in [1.807, 2.05) is 0 Å². The van der Waals surface area contributed by atoms with Gasteiger partial charge in [-0.2, -0.15) is 0 Å². The molecule has 6 rings (SSSR count). The molecular weight excluding hydrogens is 714 g/mol. The average molecular weight is 726 g/mol. The summed E-state index contributed by atoms with van der Waals surface area (Å²) in [6.45, 7) is 0. The minimum atomic E-state index is -0.304. The Balaban J connectivity index is 1.90. The first-order chi connectivity index (χ1) is 14.0. The van der Waals surface area contributed by atoms with Gasteiger partial charge in [0, 0.05) is 16.1 Å². The quantitative estimate of drug-likeness (QED) is 0.138. The second kappa shape index (κ2) is 6.65. The van der Waals surface area contributed by atoms with E-state index in [-0.39, 0.29) is 5.41 Å². The molecule has 1 spiro atoms. The van der Waals surface area contributed by atoms with Gasteiger partial charge in [-0.15, -0.1) is 0 Å². The highest BCUT2D eigenvalue weighted by Gasteiger charge is 2.53. The second-order valence-electron chi connectivity index (χ2n) is 7.46. The van der Waals surface area contributed by atoms with Crippen molar-refractivity contribution < 1.29 is 0 Å². The number of benzene rings is 4. The van der Waals surface area contributed by atoms with Crippen molar-refractivity contribution >= 4 is 77.0 Å². The summed E-state index contributed by atoms with van der Waals surface area (Å²) in [5.41, 5.74) is 10.5. The molecule has 0 unspecified atom stereocenters. The smallest absolute Gasteiger partial charge is 0.0619 e. The molecule has 0 saturated heterocycles. The lowest BCUT2D eigenvalue weighted by atomic mass is 9.70. The first kappa shape index (κ1) is 19.0. The lowest BCUT2D eigenvalue weighted by Crippen LogP contribution is -2.26. The van der Waals surface area contributed by atoms with Gasteiger partial charge in [0.15, 0.2) is 0 Å². The number of rotatable bonds is 0. The van der Waals surface area contributed by atoms with Gasteiger partial charge < -0.3 is 0 Å². The molecule has 0 bridgehead atoms. The van der Waals surface area contributed by atoms with E-state index in [2.05, 4.69) is 150 Å². The predicted molar refractivity (Wildman–Crippen MR) is 144 cm³/mol. The van der Waals surface area contributed by atoms with E-state index in [0.717, 1.165) is 8.95 Å². The van der Waals surface area contributed by atoms with Crippen LogP contribution in [0.3, 0.4) is 0 Å². The molecular formula is C25H12Br2I2. The van der Waals surface area contributed by atoms with Gasteiger partial charge in [-0.05, 0) is 152 Å². The Morgan fingerprint density at radius 3 is 1.79 bits per heavy atom. The fourth-order valence-corrected chi connectivity index (χ4v) is 7.11. The van der Waals surface area contributed by atoms with Crippen LogP contribution >= 0.6 is 77.0 Å². The zero-order valence-electron chi connectivity index (χ0n) is 14.9. The van der Waals surface area contributed by atoms with Gasteiger partial charge in [-0.3, -0.25) is 0 Å². The zero-order chi connectivity index (χ0) is 19.9. The monoisotopic (exact) mass is 724 g/mol. The third-order valence-corrected chi connectivity index (χ3v) is 9.51. The summed E-state index contributed by atoms with van der Waals surface area (Å²) in [5.74, 6) is 0. The standard InChI is InChI=1S/C25H12Br2I2/c26-22-10-9-18-15-3-1-2-4-19(15)25(23(18)24(22)27)20-11-13(28)5-7-16(20)17-8-6-14(29)12-21(17)25/h1-12H. The first-order valence-electron chi connectivity index (χ1n) is 9.22. The summed E-state index contributed by atoms with van der Waals surface area (Å²) in [6.07, 6.45) is 0. The highest BCUT2D eigenvalue weighted by Crippen LogP contribution is 2.64. The Morgan fingerprint density at radius 2 is 1.14 bits per heavy atom. The van der Waals surface area contributed by atoms with Crippen LogP contribution in [0, 0.1) is 7.14 Å². The molecule has 0 saturated carbocycles. The average Bonchev–Trinajstić information content (AvgIpc) is 3.17. The van der Waals surface area contributed by atoms with E-state index < -0.39 is 0 Å². The minimum Gasteiger partial charge on any atom is -0.0619 e. The summed E-state index contributed by atoms with van der Waals surface area (Å²) < 4.78 is 4.76. The molecule has 29 heavy (non-hydrogen) atoms. The molecule has 0 amide bonds. The maximum absolute atomic E-state index is 3.97. The van der Waals surface area contributed by atoms with Crippen molar-refractivity contribution in [3.63, 3.8) is 0 Å². The fourth-order valence-electron chi connectivity index (χ4n) is 5.15. The van der Waals surface area contributed by atoms with Gasteiger partial charge in [0.05, 0.1) is 5.41 Å². The summed E-state index contributed by atoms with van der Waals surface area (Å²) in [5, 5.41) is 0. The van der Waals surface area contributed by atoms with Crippen LogP contribution < -0.4 is 0 Å². The molecule has 2 aliphatic rings. The molecule has 0 fully saturated rings. The molecule has 4 heteroatoms. The Bertz CT molecular complexity index is 1310. The van der Waals surface area contributed by atoms with E-state index in [0.29, 0.717) is 0 Å². The number of halogens is 4. The molecule has 0 atom stereocenters. The fraction of sp³-hybridized carbons (Fsp3) is 0.0400. The Hall–Kier alpha value is -0.700. The van der Waals surface area contributed by atoms with E-state index in [1.54, 1.807) is 0 Å². The molecule has 0 aliphatic heterocycles. The topological polar surface area (TPSA) is 0 Å². The lowest BCUT2D eigenvalue weighted by Gasteiger charge is -2.31. The molecule has 0 heterocycles. The van der Waals surface area contributed by atoms with Crippen LogP contribution in [0.5, 0.6) is 0 Å². The van der Waals surface area contributed by atoms with Crippen LogP contribution in [0.4, 0.5) is 0 Å². The molecule has 140 valence electrons. The van der Waals surface area contributed by atoms with Gasteiger partial charge in [0.2, 0.25) is 0 Å². The largest absolute Gasteiger partial charge is 0.0737 e. The third-order valence-electron chi connectivity index (χ3n) is 6.15. The molecule has 0 nitrogen and oxygen atoms in total. The van der Waals surface area contributed by atoms with Crippen molar-refractivity contribution in [1.29, 1.82) is 0 Å². The predicted octanol–water partition coefficient (Wildman–Crippen LogP) is 8.76. The number of fused-ring (bicyclic) bond motifs is 10. The zero-order valence-corrected chi connectivity index (χ0v) is 22.4. The summed E-state index contributed by atoms with van der Waals surface area (Å²) >= 11 is 12.6. The summed E-state index contributed by atoms with van der Waals surface area (Å²) in [6, 6.07) is 27.1. The van der Waals surface area contributed by atoms with Crippen LogP contribution in [0.25, 0.3) is 22.3 Å². The molecule has 0 aromatic heterocycles. The van der Waals surface area contributed by atoms with E-state index >= 15 is 0 Å². The van der Waals surface area contributed by atoms with Gasteiger partial charge in [-0.25, -0.2) is 0 Å². The lowest BCUT2D eigenvalue weighted by molar-refractivity contribution is 0.787. The molecule has 2 aliphatic carbocycles. The number of hydrogen-bond donors (Lipinski definition) is 0. The molecule has 4 aromatic rings. The van der Waals surface area contributed by atoms with Crippen LogP contribution in [0.15, 0.2) is 81.7 Å². The highest BCUT2D eigenvalue weighted by molar-refractivity contribution is 14.1. The van der Waals surface area contributed by atoms with Gasteiger partial charge in [0.1, 0.15) is 0 Å². The number of hydrogen-bond acceptors (Lipinski definition) is 0. The molecule has 0 radical (unpaired) electrons. The van der Waals surface area contributed by atoms with Crippen LogP contribution in [-0.2, 0) is 5.41 Å². The molecule has 0 N–H and O–H groups in total. The van der Waals surface area contributed by atoms with Crippen molar-refractivity contribution in [2.75, 3.05) is 0 Å². The van der Waals surface area contributed by atoms with Crippen LogP contribution in [0.2, 0.25) is 0 Å². The maximum Gasteiger partial charge on any atom is 0.0737 e. The molecule has 4 aromatic carbocycles. The first-order valence-corrected chi connectivity index (χ1v) is 13.0. The van der Waals surface area contributed by atoms with Gasteiger partial charge >= 0.3 is 0 Å². The normalized spacial score (nSPS) is 14.5. The van der Waals surface area contributed by atoms with Gasteiger partial charge in [-0.1, -0.05) is 42.5 Å². The second-order valence-corrected chi connectivity index (χ2v) is 11.6. The Kier molecular flexibility index (Phi) is 4.36. The van der Waals surface area contributed by atoms with Gasteiger partial charge in [0.25, 0.3) is 0 Å². The van der Waals surface area contributed by atoms with Crippen LogP contribution in [0.1, 0.15) is 22.3 Å². The van der Waals surface area contributed by atoms with Crippen molar-refractivity contribution in [3.05, 3.63) is 111 Å². The Morgan fingerprint density at radius 1 is 0.586 bits per heavy atom. The maximum atomic E-state index is 3.97. The van der Waals surface area contributed by atoms with Crippen molar-refractivity contribution in [2.24, 2.45) is 0 Å². The van der Waals surface area contributed by atoms with E-state index in [4.69, 9.17) is 0 Å². The van der Waals surface area contributed by atoms with Crippen LogP contribution in [-0.4, -0.2) is 0 Å². The Labute approximate surface area is 213 Å². The SMILES string of the molecule is Brc1ccc2c(c1Br)C1(c3cc(I)ccc3-c3ccc(I)cc31)c1ccccc1-2. The highest BCUT2D eigenvalue weighted by atomic mass is 127. The van der Waals surface area contributed by atoms with Crippen molar-refractivity contribution in [3.8, 4) is 22.3 Å². The minimum absolute atomic E-state index is 0.304. The third kappa shape index (κ3) is 2.40. The van der Waals surface area contributed by atoms with E-state index in [9.17, 15) is 0 Å². The summed E-state index contributed by atoms with van der Waals surface area (Å²) in [4.78, 5) is 0. The van der Waals surface area contributed by atoms with Crippen molar-refractivity contribution in [2.45, 2.75) is 5.41 Å². The van der Waals surface area contributed by atoms with E-state index in [1.165, 1.54) is 51.6 Å². The van der Waals surface area contributed by atoms with Crippen molar-refractivity contribution in [1.82, 2.24) is 0 Å².